The van der Waals surface area contributed by atoms with Gasteiger partial charge in [0.05, 0.1) is 31.5 Å². The van der Waals surface area contributed by atoms with Gasteiger partial charge in [0, 0.05) is 18.7 Å². The summed E-state index contributed by atoms with van der Waals surface area (Å²) in [6.07, 6.45) is -4.65. The van der Waals surface area contributed by atoms with Gasteiger partial charge in [-0.3, -0.25) is 9.79 Å². The molecule has 0 saturated heterocycles. The summed E-state index contributed by atoms with van der Waals surface area (Å²) in [4.78, 5) is 17.3. The van der Waals surface area contributed by atoms with Crippen LogP contribution in [-0.4, -0.2) is 42.0 Å². The molecule has 0 saturated carbocycles. The molecule has 1 aliphatic heterocycles. The van der Waals surface area contributed by atoms with Crippen molar-refractivity contribution < 1.29 is 27.8 Å². The number of rotatable bonds is 6. The molecular formula is C21H21F3N2O3. The largest absolute Gasteiger partial charge is 0.496 e. The fourth-order valence-corrected chi connectivity index (χ4v) is 3.41. The minimum absolute atomic E-state index is 0.190. The fraction of sp³-hybridized carbons (Fsp3) is 0.333. The van der Waals surface area contributed by atoms with E-state index in [0.717, 1.165) is 18.0 Å². The van der Waals surface area contributed by atoms with Crippen LogP contribution < -0.4 is 4.74 Å². The normalized spacial score (nSPS) is 14.1. The number of hydrogen-bond acceptors (Lipinski definition) is 4. The number of hydrogen-bond donors (Lipinski definition) is 1. The lowest BCUT2D eigenvalue weighted by Gasteiger charge is -2.22. The summed E-state index contributed by atoms with van der Waals surface area (Å²) in [5, 5.41) is 9.08. The summed E-state index contributed by atoms with van der Waals surface area (Å²) < 4.78 is 45.4. The van der Waals surface area contributed by atoms with Crippen LogP contribution in [0.15, 0.2) is 41.4 Å². The molecule has 3 rings (SSSR count). The molecule has 0 atom stereocenters. The zero-order chi connectivity index (χ0) is 21.2. The predicted octanol–water partition coefficient (Wildman–Crippen LogP) is 4.24. The Labute approximate surface area is 166 Å². The topological polar surface area (TPSA) is 62.1 Å². The molecule has 0 radical (unpaired) electrons. The molecule has 0 amide bonds. The summed E-state index contributed by atoms with van der Waals surface area (Å²) in [7, 11) is 1.47. The van der Waals surface area contributed by atoms with Crippen LogP contribution in [0.3, 0.4) is 0 Å². The van der Waals surface area contributed by atoms with E-state index in [0.29, 0.717) is 41.1 Å². The number of benzene rings is 2. The van der Waals surface area contributed by atoms with Crippen molar-refractivity contribution in [3.8, 4) is 16.9 Å². The van der Waals surface area contributed by atoms with Gasteiger partial charge in [-0.15, -0.1) is 0 Å². The first-order valence-electron chi connectivity index (χ1n) is 9.04. The lowest BCUT2D eigenvalue weighted by molar-refractivity contribution is -0.138. The van der Waals surface area contributed by atoms with Gasteiger partial charge in [0.2, 0.25) is 0 Å². The van der Waals surface area contributed by atoms with Crippen LogP contribution in [0.4, 0.5) is 13.2 Å². The second-order valence-corrected chi connectivity index (χ2v) is 6.83. The van der Waals surface area contributed by atoms with E-state index in [1.165, 1.54) is 13.2 Å². The second kappa shape index (κ2) is 8.14. The standard InChI is InChI=1S/C21H21F3N2O3/c1-13-25-7-8-26(13)12-15-11-16(21(22,23)24)4-5-17(15)18-9-14(10-20(27)28)3-6-19(18)29-2/h3-6,9,11H,7-8,10,12H2,1-2H3,(H,27,28). The maximum Gasteiger partial charge on any atom is 0.416 e. The van der Waals surface area contributed by atoms with Crippen LogP contribution in [-0.2, 0) is 23.9 Å². The summed E-state index contributed by atoms with van der Waals surface area (Å²) in [5.74, 6) is 0.254. The maximum absolute atomic E-state index is 13.3. The van der Waals surface area contributed by atoms with E-state index < -0.39 is 17.7 Å². The fourth-order valence-electron chi connectivity index (χ4n) is 3.41. The zero-order valence-electron chi connectivity index (χ0n) is 16.1. The van der Waals surface area contributed by atoms with E-state index in [1.54, 1.807) is 18.2 Å². The molecule has 0 fully saturated rings. The number of halogens is 3. The van der Waals surface area contributed by atoms with Crippen LogP contribution in [0.2, 0.25) is 0 Å². The number of ether oxygens (including phenoxy) is 1. The van der Waals surface area contributed by atoms with Crippen molar-refractivity contribution in [3.63, 3.8) is 0 Å². The number of aliphatic imine (C=N–C) groups is 1. The van der Waals surface area contributed by atoms with E-state index in [1.807, 2.05) is 11.8 Å². The minimum atomic E-state index is -4.46. The molecule has 2 aromatic rings. The number of carboxylic acid groups (broad SMARTS) is 1. The summed E-state index contributed by atoms with van der Waals surface area (Å²) >= 11 is 0. The Hall–Kier alpha value is -3.03. The van der Waals surface area contributed by atoms with Gasteiger partial charge in [-0.25, -0.2) is 0 Å². The Morgan fingerprint density at radius 3 is 2.55 bits per heavy atom. The van der Waals surface area contributed by atoms with Gasteiger partial charge in [0.25, 0.3) is 0 Å². The average Bonchev–Trinajstić information content (AvgIpc) is 3.05. The number of alkyl halides is 3. The van der Waals surface area contributed by atoms with Crippen molar-refractivity contribution in [2.24, 2.45) is 4.99 Å². The summed E-state index contributed by atoms with van der Waals surface area (Å²) in [6, 6.07) is 8.53. The SMILES string of the molecule is COc1ccc(CC(=O)O)cc1-c1ccc(C(F)(F)F)cc1CN1CCN=C1C. The summed E-state index contributed by atoms with van der Waals surface area (Å²) in [6.45, 7) is 3.34. The quantitative estimate of drug-likeness (QED) is 0.780. The van der Waals surface area contributed by atoms with Gasteiger partial charge >= 0.3 is 12.1 Å². The second-order valence-electron chi connectivity index (χ2n) is 6.83. The molecule has 0 aromatic heterocycles. The molecule has 1 heterocycles. The molecule has 0 unspecified atom stereocenters. The third-order valence-electron chi connectivity index (χ3n) is 4.87. The number of amidine groups is 1. The zero-order valence-corrected chi connectivity index (χ0v) is 16.1. The number of methoxy groups -OCH3 is 1. The molecule has 2 aromatic carbocycles. The molecule has 0 aliphatic carbocycles. The first-order chi connectivity index (χ1) is 13.7. The Morgan fingerprint density at radius 2 is 1.97 bits per heavy atom. The number of carboxylic acids is 1. The van der Waals surface area contributed by atoms with Crippen molar-refractivity contribution >= 4 is 11.8 Å². The Bertz CT molecular complexity index is 955. The highest BCUT2D eigenvalue weighted by atomic mass is 19.4. The van der Waals surface area contributed by atoms with Gasteiger partial charge in [0.15, 0.2) is 0 Å². The van der Waals surface area contributed by atoms with E-state index in [-0.39, 0.29) is 13.0 Å². The monoisotopic (exact) mass is 406 g/mol. The van der Waals surface area contributed by atoms with E-state index in [9.17, 15) is 18.0 Å². The lowest BCUT2D eigenvalue weighted by Crippen LogP contribution is -2.25. The molecule has 1 aliphatic rings. The van der Waals surface area contributed by atoms with Crippen LogP contribution in [0.25, 0.3) is 11.1 Å². The van der Waals surface area contributed by atoms with Crippen LogP contribution in [0, 0.1) is 0 Å². The number of carbonyl (C=O) groups is 1. The molecule has 29 heavy (non-hydrogen) atoms. The van der Waals surface area contributed by atoms with Gasteiger partial charge in [-0.05, 0) is 47.9 Å². The molecule has 8 heteroatoms. The molecule has 5 nitrogen and oxygen atoms in total. The third-order valence-corrected chi connectivity index (χ3v) is 4.87. The molecule has 154 valence electrons. The highest BCUT2D eigenvalue weighted by Crippen LogP contribution is 2.38. The Morgan fingerprint density at radius 1 is 1.21 bits per heavy atom. The van der Waals surface area contributed by atoms with Crippen molar-refractivity contribution in [1.29, 1.82) is 0 Å². The highest BCUT2D eigenvalue weighted by Gasteiger charge is 2.31. The van der Waals surface area contributed by atoms with Crippen LogP contribution in [0.1, 0.15) is 23.6 Å². The first-order valence-corrected chi connectivity index (χ1v) is 9.04. The van der Waals surface area contributed by atoms with E-state index in [4.69, 9.17) is 9.84 Å². The van der Waals surface area contributed by atoms with Crippen molar-refractivity contribution in [1.82, 2.24) is 4.90 Å². The highest BCUT2D eigenvalue weighted by molar-refractivity contribution is 5.82. The summed E-state index contributed by atoms with van der Waals surface area (Å²) in [5.41, 5.74) is 1.41. The number of aliphatic carboxylic acids is 1. The molecular weight excluding hydrogens is 385 g/mol. The van der Waals surface area contributed by atoms with Gasteiger partial charge in [0.1, 0.15) is 5.75 Å². The third kappa shape index (κ3) is 4.70. The number of nitrogens with zero attached hydrogens (tertiary/aromatic N) is 2. The van der Waals surface area contributed by atoms with Crippen LogP contribution in [0.5, 0.6) is 5.75 Å². The molecule has 0 bridgehead atoms. The van der Waals surface area contributed by atoms with Gasteiger partial charge in [-0.2, -0.15) is 13.2 Å². The Kier molecular flexibility index (Phi) is 5.81. The lowest BCUT2D eigenvalue weighted by atomic mass is 9.94. The first kappa shape index (κ1) is 20.7. The predicted molar refractivity (Wildman–Crippen MR) is 103 cm³/mol. The van der Waals surface area contributed by atoms with Gasteiger partial charge < -0.3 is 14.7 Å². The van der Waals surface area contributed by atoms with Crippen molar-refractivity contribution in [2.45, 2.75) is 26.1 Å². The molecule has 1 N–H and O–H groups in total. The van der Waals surface area contributed by atoms with E-state index in [2.05, 4.69) is 4.99 Å². The van der Waals surface area contributed by atoms with Crippen LogP contribution >= 0.6 is 0 Å². The molecule has 0 spiro atoms. The van der Waals surface area contributed by atoms with E-state index >= 15 is 0 Å². The maximum atomic E-state index is 13.3. The van der Waals surface area contributed by atoms with Gasteiger partial charge in [-0.1, -0.05) is 12.1 Å². The smallest absolute Gasteiger partial charge is 0.416 e. The van der Waals surface area contributed by atoms with Crippen molar-refractivity contribution in [3.05, 3.63) is 53.1 Å². The average molecular weight is 406 g/mol. The van der Waals surface area contributed by atoms with Crippen molar-refractivity contribution in [2.75, 3.05) is 20.2 Å². The minimum Gasteiger partial charge on any atom is -0.496 e. The Balaban J connectivity index is 2.12.